The van der Waals surface area contributed by atoms with E-state index in [0.29, 0.717) is 19.4 Å². The Hall–Kier alpha value is -3.62. The van der Waals surface area contributed by atoms with Crippen molar-refractivity contribution >= 4 is 17.9 Å². The summed E-state index contributed by atoms with van der Waals surface area (Å²) in [5, 5.41) is 14.3. The van der Waals surface area contributed by atoms with E-state index in [1.807, 2.05) is 31.2 Å². The summed E-state index contributed by atoms with van der Waals surface area (Å²) in [4.78, 5) is 48.2. The molecule has 3 rings (SSSR count). The fourth-order valence-corrected chi connectivity index (χ4v) is 4.31. The molecule has 1 aromatic carbocycles. The van der Waals surface area contributed by atoms with E-state index in [1.165, 1.54) is 6.07 Å². The van der Waals surface area contributed by atoms with Crippen molar-refractivity contribution in [1.82, 2.24) is 15.2 Å². The van der Waals surface area contributed by atoms with Crippen molar-refractivity contribution in [3.63, 3.8) is 0 Å². The summed E-state index contributed by atoms with van der Waals surface area (Å²) in [5.74, 6) is -1.21. The number of rotatable bonds is 8. The molecule has 1 aromatic heterocycles. The molecule has 3 amide bonds. The van der Waals surface area contributed by atoms with E-state index >= 15 is 0 Å². The number of hydrogen-bond acceptors (Lipinski definition) is 4. The summed E-state index contributed by atoms with van der Waals surface area (Å²) in [6, 6.07) is 9.75. The topological polar surface area (TPSA) is 144 Å². The summed E-state index contributed by atoms with van der Waals surface area (Å²) >= 11 is 0. The number of nitrogens with zero attached hydrogens (tertiary/aromatic N) is 1. The van der Waals surface area contributed by atoms with Crippen LogP contribution in [0.3, 0.4) is 0 Å². The predicted octanol–water partition coefficient (Wildman–Crippen LogP) is 2.02. The van der Waals surface area contributed by atoms with Gasteiger partial charge in [-0.3, -0.25) is 14.4 Å². The Bertz CT molecular complexity index is 1070. The van der Waals surface area contributed by atoms with Gasteiger partial charge in [0.15, 0.2) is 0 Å². The van der Waals surface area contributed by atoms with Crippen LogP contribution in [-0.4, -0.2) is 39.2 Å². The number of carboxylic acid groups (broad SMARTS) is 1. The van der Waals surface area contributed by atoms with Gasteiger partial charge in [-0.15, -0.1) is 0 Å². The van der Waals surface area contributed by atoms with Gasteiger partial charge in [0.2, 0.25) is 11.8 Å². The number of amides is 3. The monoisotopic (exact) mass is 454 g/mol. The lowest BCUT2D eigenvalue weighted by Crippen LogP contribution is -2.62. The number of aromatic nitrogens is 1. The van der Waals surface area contributed by atoms with Crippen LogP contribution in [0.5, 0.6) is 0 Å². The van der Waals surface area contributed by atoms with E-state index in [4.69, 9.17) is 5.73 Å². The zero-order valence-electron chi connectivity index (χ0n) is 18.7. The number of primary amides is 1. The van der Waals surface area contributed by atoms with Crippen LogP contribution in [0.15, 0.2) is 47.4 Å². The molecule has 9 heteroatoms. The van der Waals surface area contributed by atoms with Crippen molar-refractivity contribution in [2.24, 2.45) is 5.73 Å². The molecule has 33 heavy (non-hydrogen) atoms. The largest absolute Gasteiger partial charge is 0.465 e. The van der Waals surface area contributed by atoms with Crippen molar-refractivity contribution in [1.29, 1.82) is 0 Å². The van der Waals surface area contributed by atoms with Crippen LogP contribution in [0.2, 0.25) is 0 Å². The van der Waals surface area contributed by atoms with Crippen LogP contribution in [-0.2, 0) is 22.6 Å². The molecule has 0 radical (unpaired) electrons. The lowest BCUT2D eigenvalue weighted by atomic mass is 9.80. The first-order valence-electron chi connectivity index (χ1n) is 11.2. The van der Waals surface area contributed by atoms with Crippen molar-refractivity contribution in [3.8, 4) is 11.1 Å². The van der Waals surface area contributed by atoms with Crippen molar-refractivity contribution in [3.05, 3.63) is 58.5 Å². The van der Waals surface area contributed by atoms with Gasteiger partial charge < -0.3 is 26.0 Å². The fraction of sp³-hybridized carbons (Fsp3) is 0.417. The van der Waals surface area contributed by atoms with Crippen molar-refractivity contribution in [2.45, 2.75) is 63.6 Å². The van der Waals surface area contributed by atoms with Gasteiger partial charge in [-0.2, -0.15) is 0 Å². The number of aryl methyl sites for hydroxylation is 1. The summed E-state index contributed by atoms with van der Waals surface area (Å²) in [7, 11) is 0. The van der Waals surface area contributed by atoms with Gasteiger partial charge in [-0.05, 0) is 42.5 Å². The van der Waals surface area contributed by atoms with Crippen LogP contribution in [0, 0.1) is 0 Å². The number of pyridine rings is 1. The molecule has 1 unspecified atom stereocenters. The second-order valence-corrected chi connectivity index (χ2v) is 8.44. The van der Waals surface area contributed by atoms with Gasteiger partial charge in [0.1, 0.15) is 11.6 Å². The van der Waals surface area contributed by atoms with Crippen molar-refractivity contribution < 1.29 is 19.5 Å². The zero-order chi connectivity index (χ0) is 24.0. The number of hydrogen-bond donors (Lipinski definition) is 4. The molecule has 5 N–H and O–H groups in total. The van der Waals surface area contributed by atoms with E-state index in [2.05, 4.69) is 10.6 Å². The zero-order valence-corrected chi connectivity index (χ0v) is 18.7. The molecule has 1 heterocycles. The number of carbonyl (C=O) groups excluding carboxylic acids is 2. The van der Waals surface area contributed by atoms with Crippen LogP contribution < -0.4 is 21.9 Å². The van der Waals surface area contributed by atoms with Crippen LogP contribution in [0.25, 0.3) is 11.1 Å². The molecule has 1 atom stereocenters. The van der Waals surface area contributed by atoms with Gasteiger partial charge in [0, 0.05) is 25.2 Å². The molecule has 0 bridgehead atoms. The molecule has 1 aliphatic carbocycles. The molecule has 0 spiro atoms. The molecule has 1 aliphatic rings. The van der Waals surface area contributed by atoms with E-state index < -0.39 is 29.5 Å². The van der Waals surface area contributed by atoms with Gasteiger partial charge in [-0.25, -0.2) is 4.79 Å². The lowest BCUT2D eigenvalue weighted by molar-refractivity contribution is -0.132. The first-order chi connectivity index (χ1) is 15.7. The number of benzene rings is 1. The maximum atomic E-state index is 13.0. The quantitative estimate of drug-likeness (QED) is 0.482. The highest BCUT2D eigenvalue weighted by Crippen LogP contribution is 2.29. The molecule has 0 aliphatic heterocycles. The van der Waals surface area contributed by atoms with Crippen LogP contribution >= 0.6 is 0 Å². The Labute approximate surface area is 192 Å². The summed E-state index contributed by atoms with van der Waals surface area (Å²) < 4.78 is 1.62. The summed E-state index contributed by atoms with van der Waals surface area (Å²) in [6.07, 6.45) is 3.84. The van der Waals surface area contributed by atoms with Crippen molar-refractivity contribution in [2.75, 3.05) is 0 Å². The Balaban J connectivity index is 1.74. The summed E-state index contributed by atoms with van der Waals surface area (Å²) in [6.45, 7) is 2.47. The maximum Gasteiger partial charge on any atom is 0.405 e. The Morgan fingerprint density at radius 1 is 1.06 bits per heavy atom. The number of carbonyl (C=O) groups is 3. The SMILES string of the molecule is CCn1cc(-c2ccc(CC(NC(=O)C3(NC(=O)O)CCCCC3)C(N)=O)cc2)ccc1=O. The summed E-state index contributed by atoms with van der Waals surface area (Å²) in [5.41, 5.74) is 6.83. The number of nitrogens with two attached hydrogens (primary N) is 1. The van der Waals surface area contributed by atoms with Gasteiger partial charge in [0.25, 0.3) is 5.56 Å². The van der Waals surface area contributed by atoms with Crippen LogP contribution in [0.1, 0.15) is 44.6 Å². The third-order valence-electron chi connectivity index (χ3n) is 6.19. The maximum absolute atomic E-state index is 13.0. The van der Waals surface area contributed by atoms with Gasteiger partial charge in [0.05, 0.1) is 0 Å². The normalized spacial score (nSPS) is 15.9. The fourth-order valence-electron chi connectivity index (χ4n) is 4.31. The average Bonchev–Trinajstić information content (AvgIpc) is 2.79. The van der Waals surface area contributed by atoms with Gasteiger partial charge in [-0.1, -0.05) is 43.5 Å². The third-order valence-corrected chi connectivity index (χ3v) is 6.19. The molecule has 2 aromatic rings. The van der Waals surface area contributed by atoms with E-state index in [0.717, 1.165) is 36.0 Å². The predicted molar refractivity (Wildman–Crippen MR) is 124 cm³/mol. The molecular formula is C24H30N4O5. The Kier molecular flexibility index (Phi) is 7.52. The first-order valence-corrected chi connectivity index (χ1v) is 11.2. The van der Waals surface area contributed by atoms with Gasteiger partial charge >= 0.3 is 6.09 Å². The average molecular weight is 455 g/mol. The minimum Gasteiger partial charge on any atom is -0.465 e. The highest BCUT2D eigenvalue weighted by Gasteiger charge is 2.42. The van der Waals surface area contributed by atoms with Crippen LogP contribution in [0.4, 0.5) is 4.79 Å². The highest BCUT2D eigenvalue weighted by atomic mass is 16.4. The molecule has 1 saturated carbocycles. The Morgan fingerprint density at radius 3 is 2.27 bits per heavy atom. The molecular weight excluding hydrogens is 424 g/mol. The van der Waals surface area contributed by atoms with E-state index in [9.17, 15) is 24.3 Å². The minimum absolute atomic E-state index is 0.0639. The Morgan fingerprint density at radius 2 is 1.70 bits per heavy atom. The molecule has 1 fully saturated rings. The molecule has 9 nitrogen and oxygen atoms in total. The number of nitrogens with one attached hydrogen (secondary N) is 2. The second kappa shape index (κ2) is 10.3. The smallest absolute Gasteiger partial charge is 0.405 e. The lowest BCUT2D eigenvalue weighted by Gasteiger charge is -2.36. The minimum atomic E-state index is -1.27. The molecule has 0 saturated heterocycles. The standard InChI is InChI=1S/C24H30N4O5/c1-2-28-15-18(10-11-20(28)29)17-8-6-16(7-9-17)14-19(21(25)30)26-22(31)24(27-23(32)33)12-4-3-5-13-24/h6-11,15,19,27H,2-5,12-14H2,1H3,(H2,25,30)(H,26,31)(H,32,33). The first kappa shape index (κ1) is 24.0. The highest BCUT2D eigenvalue weighted by molar-refractivity contribution is 5.93. The second-order valence-electron chi connectivity index (χ2n) is 8.44. The van der Waals surface area contributed by atoms with E-state index in [1.54, 1.807) is 16.8 Å². The van der Waals surface area contributed by atoms with E-state index in [-0.39, 0.29) is 12.0 Å². The molecule has 176 valence electrons. The third kappa shape index (κ3) is 5.79.